The molecule has 1 aromatic rings. The van der Waals surface area contributed by atoms with Gasteiger partial charge in [-0.05, 0) is 51.3 Å². The first kappa shape index (κ1) is 18.3. The summed E-state index contributed by atoms with van der Waals surface area (Å²) >= 11 is 1.91. The second-order valence-electron chi connectivity index (χ2n) is 6.83. The number of rotatable bonds is 7. The maximum Gasteiger partial charge on any atom is 0.191 e. The highest BCUT2D eigenvalue weighted by Crippen LogP contribution is 2.40. The van der Waals surface area contributed by atoms with Crippen LogP contribution in [0.4, 0.5) is 0 Å². The lowest BCUT2D eigenvalue weighted by Gasteiger charge is -2.37. The fraction of sp³-hybridized carbons (Fsp3) is 0.722. The van der Waals surface area contributed by atoms with Crippen LogP contribution in [0.3, 0.4) is 0 Å². The molecule has 0 radical (unpaired) electrons. The first-order valence-electron chi connectivity index (χ1n) is 8.79. The molecule has 2 N–H and O–H groups in total. The fourth-order valence-corrected chi connectivity index (χ4v) is 4.38. The quantitative estimate of drug-likeness (QED) is 0.457. The standard InChI is InChI=1S/C18H32N4S/c1-19-17(20-12-8-13-22(2)3)21-15-18(10-5-4-6-11-18)16-9-7-14-23-16/h7,9,14H,4-6,8,10-13,15H2,1-3H3,(H2,19,20,21). The molecule has 1 fully saturated rings. The summed E-state index contributed by atoms with van der Waals surface area (Å²) in [4.78, 5) is 8.13. The molecule has 0 atom stereocenters. The molecule has 0 bridgehead atoms. The Morgan fingerprint density at radius 1 is 1.26 bits per heavy atom. The average Bonchev–Trinajstić information content (AvgIpc) is 3.10. The van der Waals surface area contributed by atoms with Gasteiger partial charge >= 0.3 is 0 Å². The number of nitrogens with one attached hydrogen (secondary N) is 2. The van der Waals surface area contributed by atoms with Gasteiger partial charge in [0.05, 0.1) is 0 Å². The molecule has 1 aliphatic rings. The second kappa shape index (κ2) is 9.28. The summed E-state index contributed by atoms with van der Waals surface area (Å²) in [6.45, 7) is 3.05. The van der Waals surface area contributed by atoms with Crippen molar-refractivity contribution >= 4 is 17.3 Å². The van der Waals surface area contributed by atoms with Crippen LogP contribution < -0.4 is 10.6 Å². The lowest BCUT2D eigenvalue weighted by atomic mass is 9.73. The van der Waals surface area contributed by atoms with Crippen LogP contribution in [0.5, 0.6) is 0 Å². The number of guanidine groups is 1. The zero-order chi connectivity index (χ0) is 16.5. The molecule has 23 heavy (non-hydrogen) atoms. The van der Waals surface area contributed by atoms with E-state index in [1.54, 1.807) is 0 Å². The molecule has 5 heteroatoms. The summed E-state index contributed by atoms with van der Waals surface area (Å²) in [5.41, 5.74) is 0.299. The van der Waals surface area contributed by atoms with Gasteiger partial charge in [-0.25, -0.2) is 0 Å². The maximum atomic E-state index is 4.39. The third-order valence-corrected chi connectivity index (χ3v) is 5.86. The molecule has 2 rings (SSSR count). The molecule has 0 aliphatic heterocycles. The van der Waals surface area contributed by atoms with Gasteiger partial charge in [0, 0.05) is 30.4 Å². The number of thiophene rings is 1. The van der Waals surface area contributed by atoms with Crippen molar-refractivity contribution in [2.75, 3.05) is 40.8 Å². The summed E-state index contributed by atoms with van der Waals surface area (Å²) in [6.07, 6.45) is 7.77. The number of nitrogens with zero attached hydrogens (tertiary/aromatic N) is 2. The Hall–Kier alpha value is -1.07. The van der Waals surface area contributed by atoms with E-state index in [1.165, 1.54) is 37.0 Å². The van der Waals surface area contributed by atoms with Gasteiger partial charge in [0.2, 0.25) is 0 Å². The Morgan fingerprint density at radius 2 is 2.04 bits per heavy atom. The molecule has 0 aromatic carbocycles. The van der Waals surface area contributed by atoms with E-state index in [0.29, 0.717) is 5.41 Å². The van der Waals surface area contributed by atoms with Gasteiger partial charge in [0.25, 0.3) is 0 Å². The van der Waals surface area contributed by atoms with E-state index in [1.807, 2.05) is 18.4 Å². The average molecular weight is 337 g/mol. The Labute approximate surface area is 145 Å². The summed E-state index contributed by atoms with van der Waals surface area (Å²) < 4.78 is 0. The molecule has 1 aromatic heterocycles. The molecule has 1 saturated carbocycles. The highest BCUT2D eigenvalue weighted by Gasteiger charge is 2.34. The van der Waals surface area contributed by atoms with E-state index in [2.05, 4.69) is 52.1 Å². The summed E-state index contributed by atoms with van der Waals surface area (Å²) in [7, 11) is 6.09. The molecule has 1 aliphatic carbocycles. The largest absolute Gasteiger partial charge is 0.356 e. The van der Waals surface area contributed by atoms with Gasteiger partial charge in [-0.3, -0.25) is 4.99 Å². The smallest absolute Gasteiger partial charge is 0.191 e. The molecular formula is C18H32N4S. The normalized spacial score (nSPS) is 18.2. The third-order valence-electron chi connectivity index (χ3n) is 4.75. The van der Waals surface area contributed by atoms with Gasteiger partial charge in [-0.15, -0.1) is 11.3 Å². The van der Waals surface area contributed by atoms with Crippen molar-refractivity contribution < 1.29 is 0 Å². The predicted octanol–water partition coefficient (Wildman–Crippen LogP) is 3.07. The third kappa shape index (κ3) is 5.50. The summed E-state index contributed by atoms with van der Waals surface area (Å²) in [6, 6.07) is 4.50. The highest BCUT2D eigenvalue weighted by atomic mass is 32.1. The molecule has 130 valence electrons. The Kier molecular flexibility index (Phi) is 7.37. The fourth-order valence-electron chi connectivity index (χ4n) is 3.39. The Balaban J connectivity index is 1.87. The van der Waals surface area contributed by atoms with Crippen LogP contribution >= 0.6 is 11.3 Å². The van der Waals surface area contributed by atoms with Crippen molar-refractivity contribution in [2.24, 2.45) is 4.99 Å². The van der Waals surface area contributed by atoms with Gasteiger partial charge in [-0.2, -0.15) is 0 Å². The van der Waals surface area contributed by atoms with Gasteiger partial charge in [0.1, 0.15) is 0 Å². The van der Waals surface area contributed by atoms with Crippen LogP contribution in [0.2, 0.25) is 0 Å². The molecule has 0 spiro atoms. The number of aliphatic imine (C=N–C) groups is 1. The first-order chi connectivity index (χ1) is 11.2. The topological polar surface area (TPSA) is 39.7 Å². The van der Waals surface area contributed by atoms with Crippen LogP contribution in [0.15, 0.2) is 22.5 Å². The van der Waals surface area contributed by atoms with E-state index in [4.69, 9.17) is 0 Å². The van der Waals surface area contributed by atoms with Crippen molar-refractivity contribution in [3.05, 3.63) is 22.4 Å². The zero-order valence-corrected chi connectivity index (χ0v) is 15.7. The number of hydrogen-bond acceptors (Lipinski definition) is 3. The van der Waals surface area contributed by atoms with Crippen LogP contribution in [-0.4, -0.2) is 51.6 Å². The van der Waals surface area contributed by atoms with Gasteiger partial charge in [0.15, 0.2) is 5.96 Å². The highest BCUT2D eigenvalue weighted by molar-refractivity contribution is 7.10. The molecule has 0 saturated heterocycles. The Bertz CT molecular complexity index is 461. The summed E-state index contributed by atoms with van der Waals surface area (Å²) in [5.74, 6) is 0.935. The number of hydrogen-bond donors (Lipinski definition) is 2. The minimum Gasteiger partial charge on any atom is -0.356 e. The molecule has 1 heterocycles. The Morgan fingerprint density at radius 3 is 2.65 bits per heavy atom. The zero-order valence-electron chi connectivity index (χ0n) is 14.9. The van der Waals surface area contributed by atoms with E-state index in [-0.39, 0.29) is 0 Å². The van der Waals surface area contributed by atoms with Crippen LogP contribution in [0.1, 0.15) is 43.4 Å². The van der Waals surface area contributed by atoms with Crippen LogP contribution in [-0.2, 0) is 5.41 Å². The van der Waals surface area contributed by atoms with Crippen LogP contribution in [0, 0.1) is 0 Å². The predicted molar refractivity (Wildman–Crippen MR) is 102 cm³/mol. The van der Waals surface area contributed by atoms with E-state index in [9.17, 15) is 0 Å². The molecular weight excluding hydrogens is 304 g/mol. The second-order valence-corrected chi connectivity index (χ2v) is 7.78. The first-order valence-corrected chi connectivity index (χ1v) is 9.67. The van der Waals surface area contributed by atoms with Crippen molar-refractivity contribution in [1.29, 1.82) is 0 Å². The van der Waals surface area contributed by atoms with Gasteiger partial charge in [-0.1, -0.05) is 25.3 Å². The lowest BCUT2D eigenvalue weighted by Crippen LogP contribution is -2.46. The minimum atomic E-state index is 0.299. The lowest BCUT2D eigenvalue weighted by molar-refractivity contribution is 0.296. The maximum absolute atomic E-state index is 4.39. The van der Waals surface area contributed by atoms with Crippen molar-refractivity contribution in [3.63, 3.8) is 0 Å². The molecule has 4 nitrogen and oxygen atoms in total. The monoisotopic (exact) mass is 336 g/mol. The van der Waals surface area contributed by atoms with Crippen molar-refractivity contribution in [2.45, 2.75) is 43.9 Å². The molecule has 0 unspecified atom stereocenters. The summed E-state index contributed by atoms with van der Waals surface area (Å²) in [5, 5.41) is 9.24. The van der Waals surface area contributed by atoms with E-state index < -0.39 is 0 Å². The van der Waals surface area contributed by atoms with Gasteiger partial charge < -0.3 is 15.5 Å². The van der Waals surface area contributed by atoms with Crippen molar-refractivity contribution in [1.82, 2.24) is 15.5 Å². The molecule has 0 amide bonds. The SMILES string of the molecule is CN=C(NCCCN(C)C)NCC1(c2cccs2)CCCCC1. The van der Waals surface area contributed by atoms with E-state index >= 15 is 0 Å². The van der Waals surface area contributed by atoms with Crippen molar-refractivity contribution in [3.8, 4) is 0 Å². The van der Waals surface area contributed by atoms with E-state index in [0.717, 1.165) is 32.0 Å². The van der Waals surface area contributed by atoms with Crippen LogP contribution in [0.25, 0.3) is 0 Å². The minimum absolute atomic E-state index is 0.299.